The lowest BCUT2D eigenvalue weighted by atomic mass is 10.2. The maximum absolute atomic E-state index is 12.4. The Balaban J connectivity index is 1.78. The maximum Gasteiger partial charge on any atom is 0.318 e. The number of urea groups is 1. The van der Waals surface area contributed by atoms with E-state index >= 15 is 0 Å². The molecule has 2 rings (SSSR count). The molecule has 124 valence electrons. The average Bonchev–Trinajstić information content (AvgIpc) is 2.52. The topological polar surface area (TPSA) is 95.7 Å². The van der Waals surface area contributed by atoms with E-state index in [2.05, 4.69) is 4.90 Å². The third-order valence-corrected chi connectivity index (χ3v) is 3.88. The molecule has 4 amide bonds. The highest BCUT2D eigenvalue weighted by molar-refractivity contribution is 6.30. The zero-order chi connectivity index (χ0) is 16.8. The molecular formula is C15H19ClN4O3. The number of amides is 4. The standard InChI is InChI=1S/C15H19ClN4O3/c16-12-3-1-2-11(10-12)14(22)20-8-6-19(7-9-20)5-4-13(21)18-15(17)23/h1-3,10H,4-9H2,(H3,17,18,21,23). The van der Waals surface area contributed by atoms with E-state index in [0.29, 0.717) is 43.3 Å². The summed E-state index contributed by atoms with van der Waals surface area (Å²) >= 11 is 5.91. The van der Waals surface area contributed by atoms with Crippen LogP contribution in [-0.4, -0.2) is 60.4 Å². The van der Waals surface area contributed by atoms with Crippen LogP contribution < -0.4 is 11.1 Å². The number of hydrogen-bond donors (Lipinski definition) is 2. The summed E-state index contributed by atoms with van der Waals surface area (Å²) in [4.78, 5) is 38.2. The van der Waals surface area contributed by atoms with Crippen LogP contribution in [0.25, 0.3) is 0 Å². The van der Waals surface area contributed by atoms with Crippen molar-refractivity contribution in [2.45, 2.75) is 6.42 Å². The number of hydrogen-bond acceptors (Lipinski definition) is 4. The number of carbonyl (C=O) groups excluding carboxylic acids is 3. The van der Waals surface area contributed by atoms with Gasteiger partial charge >= 0.3 is 6.03 Å². The van der Waals surface area contributed by atoms with Crippen LogP contribution in [0, 0.1) is 0 Å². The van der Waals surface area contributed by atoms with E-state index < -0.39 is 11.9 Å². The first-order chi connectivity index (χ1) is 11.0. The van der Waals surface area contributed by atoms with Gasteiger partial charge in [-0.15, -0.1) is 0 Å². The van der Waals surface area contributed by atoms with E-state index in [1.54, 1.807) is 29.2 Å². The SMILES string of the molecule is NC(=O)NC(=O)CCN1CCN(C(=O)c2cccc(Cl)c2)CC1. The first-order valence-corrected chi connectivity index (χ1v) is 7.70. The second kappa shape index (κ2) is 7.94. The number of rotatable bonds is 4. The number of nitrogens with one attached hydrogen (secondary N) is 1. The average molecular weight is 339 g/mol. The van der Waals surface area contributed by atoms with Gasteiger partial charge in [0.05, 0.1) is 0 Å². The summed E-state index contributed by atoms with van der Waals surface area (Å²) in [7, 11) is 0. The highest BCUT2D eigenvalue weighted by Crippen LogP contribution is 2.14. The number of carbonyl (C=O) groups is 3. The zero-order valence-corrected chi connectivity index (χ0v) is 13.4. The fourth-order valence-corrected chi connectivity index (χ4v) is 2.63. The van der Waals surface area contributed by atoms with Crippen LogP contribution in [-0.2, 0) is 4.79 Å². The van der Waals surface area contributed by atoms with Gasteiger partial charge in [0, 0.05) is 49.7 Å². The molecule has 1 saturated heterocycles. The molecule has 0 saturated carbocycles. The van der Waals surface area contributed by atoms with Gasteiger partial charge in [-0.1, -0.05) is 17.7 Å². The predicted octanol–water partition coefficient (Wildman–Crippen LogP) is 0.683. The molecule has 0 aromatic heterocycles. The molecule has 1 aliphatic rings. The van der Waals surface area contributed by atoms with Gasteiger partial charge < -0.3 is 10.6 Å². The molecule has 1 fully saturated rings. The lowest BCUT2D eigenvalue weighted by molar-refractivity contribution is -0.120. The monoisotopic (exact) mass is 338 g/mol. The largest absolute Gasteiger partial charge is 0.351 e. The van der Waals surface area contributed by atoms with Gasteiger partial charge in [0.1, 0.15) is 0 Å². The first kappa shape index (κ1) is 17.2. The quantitative estimate of drug-likeness (QED) is 0.844. The van der Waals surface area contributed by atoms with Gasteiger partial charge in [0.25, 0.3) is 5.91 Å². The number of benzene rings is 1. The van der Waals surface area contributed by atoms with E-state index in [-0.39, 0.29) is 12.3 Å². The molecule has 1 aromatic rings. The summed E-state index contributed by atoms with van der Waals surface area (Å²) in [5, 5.41) is 2.57. The lowest BCUT2D eigenvalue weighted by Crippen LogP contribution is -2.49. The molecule has 0 spiro atoms. The smallest absolute Gasteiger partial charge is 0.318 e. The molecule has 0 radical (unpaired) electrons. The fraction of sp³-hybridized carbons (Fsp3) is 0.400. The number of piperazine rings is 1. The second-order valence-electron chi connectivity index (χ2n) is 5.31. The zero-order valence-electron chi connectivity index (χ0n) is 12.6. The maximum atomic E-state index is 12.4. The predicted molar refractivity (Wildman–Crippen MR) is 86.1 cm³/mol. The Morgan fingerprint density at radius 1 is 1.17 bits per heavy atom. The normalized spacial score (nSPS) is 15.3. The van der Waals surface area contributed by atoms with Crippen molar-refractivity contribution >= 4 is 29.4 Å². The van der Waals surface area contributed by atoms with Crippen LogP contribution in [0.15, 0.2) is 24.3 Å². The Morgan fingerprint density at radius 3 is 2.48 bits per heavy atom. The minimum Gasteiger partial charge on any atom is -0.351 e. The molecule has 23 heavy (non-hydrogen) atoms. The summed E-state index contributed by atoms with van der Waals surface area (Å²) in [6.07, 6.45) is 0.200. The summed E-state index contributed by atoms with van der Waals surface area (Å²) < 4.78 is 0. The molecule has 0 atom stereocenters. The number of primary amides is 1. The number of imide groups is 1. The summed E-state index contributed by atoms with van der Waals surface area (Å²) in [5.41, 5.74) is 5.46. The van der Waals surface area contributed by atoms with E-state index in [1.165, 1.54) is 0 Å². The van der Waals surface area contributed by atoms with Gasteiger partial charge in [-0.05, 0) is 18.2 Å². The fourth-order valence-electron chi connectivity index (χ4n) is 2.44. The van der Waals surface area contributed by atoms with Crippen molar-refractivity contribution < 1.29 is 14.4 Å². The minimum atomic E-state index is -0.841. The molecule has 0 bridgehead atoms. The molecule has 7 nitrogen and oxygen atoms in total. The van der Waals surface area contributed by atoms with Crippen molar-refractivity contribution in [2.24, 2.45) is 5.73 Å². The Labute approximate surface area is 139 Å². The molecule has 0 unspecified atom stereocenters. The van der Waals surface area contributed by atoms with Gasteiger partial charge in [-0.3, -0.25) is 19.8 Å². The Hall–Kier alpha value is -2.12. The van der Waals surface area contributed by atoms with Crippen molar-refractivity contribution in [3.63, 3.8) is 0 Å². The van der Waals surface area contributed by atoms with Crippen LogP contribution in [0.2, 0.25) is 5.02 Å². The molecule has 3 N–H and O–H groups in total. The van der Waals surface area contributed by atoms with E-state index in [0.717, 1.165) is 0 Å². The Kier molecular flexibility index (Phi) is 5.95. The van der Waals surface area contributed by atoms with E-state index in [9.17, 15) is 14.4 Å². The third kappa shape index (κ3) is 5.22. The molecule has 0 aliphatic carbocycles. The number of nitrogens with two attached hydrogens (primary N) is 1. The summed E-state index contributed by atoms with van der Waals surface area (Å²) in [5.74, 6) is -0.437. The van der Waals surface area contributed by atoms with Crippen molar-refractivity contribution in [2.75, 3.05) is 32.7 Å². The summed E-state index contributed by atoms with van der Waals surface area (Å²) in [6.45, 7) is 3.05. The first-order valence-electron chi connectivity index (χ1n) is 7.32. The van der Waals surface area contributed by atoms with Crippen molar-refractivity contribution in [1.82, 2.24) is 15.1 Å². The molecule has 1 heterocycles. The number of nitrogens with zero attached hydrogens (tertiary/aromatic N) is 2. The van der Waals surface area contributed by atoms with Gasteiger partial charge in [0.15, 0.2) is 0 Å². The lowest BCUT2D eigenvalue weighted by Gasteiger charge is -2.34. The van der Waals surface area contributed by atoms with Crippen LogP contribution in [0.4, 0.5) is 4.79 Å². The highest BCUT2D eigenvalue weighted by Gasteiger charge is 2.22. The van der Waals surface area contributed by atoms with Gasteiger partial charge in [-0.25, -0.2) is 4.79 Å². The van der Waals surface area contributed by atoms with Crippen LogP contribution >= 0.6 is 11.6 Å². The van der Waals surface area contributed by atoms with Crippen molar-refractivity contribution in [3.05, 3.63) is 34.9 Å². The van der Waals surface area contributed by atoms with Crippen LogP contribution in [0.5, 0.6) is 0 Å². The second-order valence-corrected chi connectivity index (χ2v) is 5.74. The third-order valence-electron chi connectivity index (χ3n) is 3.65. The minimum absolute atomic E-state index is 0.0429. The van der Waals surface area contributed by atoms with E-state index in [1.807, 2.05) is 5.32 Å². The molecule has 1 aliphatic heterocycles. The molecular weight excluding hydrogens is 320 g/mol. The van der Waals surface area contributed by atoms with Gasteiger partial charge in [0.2, 0.25) is 5.91 Å². The van der Waals surface area contributed by atoms with Crippen LogP contribution in [0.3, 0.4) is 0 Å². The highest BCUT2D eigenvalue weighted by atomic mass is 35.5. The molecule has 1 aromatic carbocycles. The van der Waals surface area contributed by atoms with Crippen molar-refractivity contribution in [3.8, 4) is 0 Å². The summed E-state index contributed by atoms with van der Waals surface area (Å²) in [6, 6.07) is 6.04. The number of halogens is 1. The Morgan fingerprint density at radius 2 is 1.87 bits per heavy atom. The van der Waals surface area contributed by atoms with E-state index in [4.69, 9.17) is 17.3 Å². The molecule has 8 heteroatoms. The van der Waals surface area contributed by atoms with Crippen LogP contribution in [0.1, 0.15) is 16.8 Å². The Bertz CT molecular complexity index is 600. The van der Waals surface area contributed by atoms with Crippen molar-refractivity contribution in [1.29, 1.82) is 0 Å². The van der Waals surface area contributed by atoms with Gasteiger partial charge in [-0.2, -0.15) is 0 Å².